The molecule has 8 heteroatoms. The molecule has 1 saturated heterocycles. The Morgan fingerprint density at radius 2 is 1.65 bits per heavy atom. The topological polar surface area (TPSA) is 101 Å². The van der Waals surface area contributed by atoms with Crippen molar-refractivity contribution in [3.05, 3.63) is 111 Å². The fourth-order valence-electron chi connectivity index (χ4n) is 3.57. The van der Waals surface area contributed by atoms with Gasteiger partial charge in [0.25, 0.3) is 17.4 Å². The van der Waals surface area contributed by atoms with Gasteiger partial charge in [-0.05, 0) is 23.8 Å². The minimum absolute atomic E-state index is 0.106. The van der Waals surface area contributed by atoms with E-state index in [1.807, 2.05) is 0 Å². The first kappa shape index (κ1) is 20.3. The van der Waals surface area contributed by atoms with Gasteiger partial charge in [0.2, 0.25) is 0 Å². The fourth-order valence-corrected chi connectivity index (χ4v) is 3.69. The van der Waals surface area contributed by atoms with Crippen LogP contribution in [0.3, 0.4) is 0 Å². The van der Waals surface area contributed by atoms with E-state index in [1.54, 1.807) is 54.6 Å². The average molecular weight is 435 g/mol. The van der Waals surface area contributed by atoms with Crippen LogP contribution >= 0.6 is 11.6 Å². The number of aliphatic hydroxyl groups excluding tert-OH is 1. The molecule has 1 aliphatic heterocycles. The first-order chi connectivity index (χ1) is 14.9. The Balaban J connectivity index is 1.95. The lowest BCUT2D eigenvalue weighted by Crippen LogP contribution is -2.29. The highest BCUT2D eigenvalue weighted by Gasteiger charge is 2.47. The van der Waals surface area contributed by atoms with E-state index in [4.69, 9.17) is 11.6 Å². The van der Waals surface area contributed by atoms with E-state index in [9.17, 15) is 24.8 Å². The van der Waals surface area contributed by atoms with Crippen molar-refractivity contribution in [3.8, 4) is 0 Å². The highest BCUT2D eigenvalue weighted by molar-refractivity contribution is 6.51. The zero-order valence-corrected chi connectivity index (χ0v) is 16.7. The number of anilines is 1. The molecule has 1 atom stereocenters. The number of nitro groups is 1. The second-order valence-electron chi connectivity index (χ2n) is 6.86. The van der Waals surface area contributed by atoms with Gasteiger partial charge >= 0.3 is 0 Å². The van der Waals surface area contributed by atoms with Crippen LogP contribution in [0.2, 0.25) is 5.02 Å². The van der Waals surface area contributed by atoms with Gasteiger partial charge in [-0.15, -0.1) is 0 Å². The van der Waals surface area contributed by atoms with Crippen LogP contribution in [-0.2, 0) is 9.59 Å². The molecule has 1 heterocycles. The van der Waals surface area contributed by atoms with E-state index >= 15 is 0 Å². The third-order valence-electron chi connectivity index (χ3n) is 5.00. The predicted octanol–water partition coefficient (Wildman–Crippen LogP) is 4.87. The highest BCUT2D eigenvalue weighted by atomic mass is 35.5. The van der Waals surface area contributed by atoms with Crippen molar-refractivity contribution in [2.75, 3.05) is 4.90 Å². The summed E-state index contributed by atoms with van der Waals surface area (Å²) in [6.07, 6.45) is 0. The normalized spacial score (nSPS) is 17.7. The van der Waals surface area contributed by atoms with Crippen molar-refractivity contribution < 1.29 is 19.6 Å². The zero-order valence-electron chi connectivity index (χ0n) is 15.9. The molecule has 154 valence electrons. The van der Waals surface area contributed by atoms with Crippen LogP contribution < -0.4 is 4.90 Å². The second-order valence-corrected chi connectivity index (χ2v) is 7.30. The number of rotatable bonds is 4. The number of nitro benzene ring substituents is 1. The van der Waals surface area contributed by atoms with Gasteiger partial charge in [0.15, 0.2) is 0 Å². The quantitative estimate of drug-likeness (QED) is 0.207. The van der Waals surface area contributed by atoms with Crippen molar-refractivity contribution in [3.63, 3.8) is 0 Å². The van der Waals surface area contributed by atoms with Crippen LogP contribution in [-0.4, -0.2) is 21.7 Å². The fraction of sp³-hybridized carbons (Fsp3) is 0.0435. The predicted molar refractivity (Wildman–Crippen MR) is 116 cm³/mol. The van der Waals surface area contributed by atoms with Gasteiger partial charge in [0.1, 0.15) is 5.76 Å². The molecule has 3 aromatic carbocycles. The maximum Gasteiger partial charge on any atom is 0.300 e. The van der Waals surface area contributed by atoms with E-state index < -0.39 is 22.7 Å². The number of hydrogen-bond acceptors (Lipinski definition) is 5. The van der Waals surface area contributed by atoms with Crippen LogP contribution in [0.1, 0.15) is 17.2 Å². The van der Waals surface area contributed by atoms with Crippen LogP contribution in [0, 0.1) is 10.1 Å². The van der Waals surface area contributed by atoms with Crippen molar-refractivity contribution in [1.29, 1.82) is 0 Å². The summed E-state index contributed by atoms with van der Waals surface area (Å²) >= 11 is 6.00. The molecule has 1 N–H and O–H groups in total. The number of Topliss-reactive ketones (excluding diaryl/α,β-unsaturated/α-hetero) is 1. The molecule has 0 unspecified atom stereocenters. The van der Waals surface area contributed by atoms with Gasteiger partial charge in [-0.2, -0.15) is 0 Å². The number of amides is 1. The molecule has 1 fully saturated rings. The Hall–Kier alpha value is -3.97. The molecule has 1 amide bonds. The van der Waals surface area contributed by atoms with E-state index in [0.29, 0.717) is 16.1 Å². The number of benzene rings is 3. The molecule has 0 aromatic heterocycles. The molecule has 0 radical (unpaired) electrons. The van der Waals surface area contributed by atoms with E-state index in [1.165, 1.54) is 24.3 Å². The largest absolute Gasteiger partial charge is 0.507 e. The number of halogens is 1. The third-order valence-corrected chi connectivity index (χ3v) is 5.25. The Morgan fingerprint density at radius 1 is 0.968 bits per heavy atom. The van der Waals surface area contributed by atoms with Crippen LogP contribution in [0.25, 0.3) is 5.76 Å². The number of carbonyl (C=O) groups is 2. The van der Waals surface area contributed by atoms with Crippen LogP contribution in [0.4, 0.5) is 11.4 Å². The Labute approximate surface area is 182 Å². The van der Waals surface area contributed by atoms with Gasteiger partial charge in [0, 0.05) is 22.7 Å². The Bertz CT molecular complexity index is 1220. The summed E-state index contributed by atoms with van der Waals surface area (Å²) < 4.78 is 0. The van der Waals surface area contributed by atoms with E-state index in [2.05, 4.69) is 0 Å². The summed E-state index contributed by atoms with van der Waals surface area (Å²) in [7, 11) is 0. The van der Waals surface area contributed by atoms with Gasteiger partial charge in [-0.25, -0.2) is 0 Å². The van der Waals surface area contributed by atoms with Crippen molar-refractivity contribution in [2.24, 2.45) is 0 Å². The number of aliphatic hydroxyl groups is 1. The number of hydrogen-bond donors (Lipinski definition) is 1. The summed E-state index contributed by atoms with van der Waals surface area (Å²) in [6, 6.07) is 19.3. The van der Waals surface area contributed by atoms with Crippen LogP contribution in [0.5, 0.6) is 0 Å². The lowest BCUT2D eigenvalue weighted by Gasteiger charge is -2.25. The smallest absolute Gasteiger partial charge is 0.300 e. The SMILES string of the molecule is O=C1C(=O)N(c2cccc([N+](=O)[O-])c2)[C@@H](c2ccc(Cl)cc2)/C1=C(\O)c1ccccc1. The highest BCUT2D eigenvalue weighted by Crippen LogP contribution is 2.42. The molecule has 0 saturated carbocycles. The second kappa shape index (κ2) is 8.04. The van der Waals surface area contributed by atoms with Crippen molar-refractivity contribution in [2.45, 2.75) is 6.04 Å². The summed E-state index contributed by atoms with van der Waals surface area (Å²) in [5.74, 6) is -2.10. The van der Waals surface area contributed by atoms with Crippen LogP contribution in [0.15, 0.2) is 84.4 Å². The number of carbonyl (C=O) groups excluding carboxylic acids is 2. The van der Waals surface area contributed by atoms with E-state index in [-0.39, 0.29) is 22.7 Å². The van der Waals surface area contributed by atoms with E-state index in [0.717, 1.165) is 4.90 Å². The monoisotopic (exact) mass is 434 g/mol. The van der Waals surface area contributed by atoms with Crippen molar-refractivity contribution >= 4 is 40.4 Å². The van der Waals surface area contributed by atoms with Gasteiger partial charge in [0.05, 0.1) is 22.2 Å². The maximum atomic E-state index is 13.0. The first-order valence-corrected chi connectivity index (χ1v) is 9.62. The lowest BCUT2D eigenvalue weighted by molar-refractivity contribution is -0.384. The van der Waals surface area contributed by atoms with Gasteiger partial charge in [-0.1, -0.05) is 60.1 Å². The molecule has 3 aromatic rings. The average Bonchev–Trinajstić information content (AvgIpc) is 3.05. The molecule has 0 aliphatic carbocycles. The number of non-ortho nitro benzene ring substituents is 1. The third kappa shape index (κ3) is 3.67. The molecule has 31 heavy (non-hydrogen) atoms. The van der Waals surface area contributed by atoms with Gasteiger partial charge < -0.3 is 5.11 Å². The minimum Gasteiger partial charge on any atom is -0.507 e. The molecular formula is C23H15ClN2O5. The van der Waals surface area contributed by atoms with Gasteiger partial charge in [-0.3, -0.25) is 24.6 Å². The Morgan fingerprint density at radius 3 is 2.29 bits per heavy atom. The lowest BCUT2D eigenvalue weighted by atomic mass is 9.95. The zero-order chi connectivity index (χ0) is 22.1. The first-order valence-electron chi connectivity index (χ1n) is 9.25. The summed E-state index contributed by atoms with van der Waals surface area (Å²) in [5.41, 5.74) is 0.733. The molecular weight excluding hydrogens is 420 g/mol. The summed E-state index contributed by atoms with van der Waals surface area (Å²) in [6.45, 7) is 0. The molecule has 1 aliphatic rings. The molecule has 4 rings (SSSR count). The number of nitrogens with zero attached hydrogens (tertiary/aromatic N) is 2. The molecule has 0 bridgehead atoms. The Kier molecular flexibility index (Phi) is 5.27. The molecule has 0 spiro atoms. The molecule has 7 nitrogen and oxygen atoms in total. The standard InChI is InChI=1S/C23H15ClN2O5/c24-16-11-9-14(10-12-16)20-19(21(27)15-5-2-1-3-6-15)22(28)23(29)25(20)17-7-4-8-18(13-17)26(30)31/h1-13,20,27H/b21-19+/t20-/m0/s1. The van der Waals surface area contributed by atoms with Crippen molar-refractivity contribution in [1.82, 2.24) is 0 Å². The summed E-state index contributed by atoms with van der Waals surface area (Å²) in [4.78, 5) is 37.8. The minimum atomic E-state index is -0.987. The summed E-state index contributed by atoms with van der Waals surface area (Å²) in [5, 5.41) is 22.6. The number of ketones is 1. The maximum absolute atomic E-state index is 13.0.